The molecule has 1 aliphatic rings. The molecule has 0 amide bonds. The lowest BCUT2D eigenvalue weighted by Crippen LogP contribution is -2.49. The zero-order valence-electron chi connectivity index (χ0n) is 17.5. The molecule has 1 fully saturated rings. The van der Waals surface area contributed by atoms with Crippen LogP contribution in [0.15, 0.2) is 52.9 Å². The number of carbonyl (C=O) groups is 1. The van der Waals surface area contributed by atoms with Crippen LogP contribution in [0.2, 0.25) is 0 Å². The topological polar surface area (TPSA) is 66.2 Å². The summed E-state index contributed by atoms with van der Waals surface area (Å²) in [6, 6.07) is 15.7. The molecule has 1 unspecified atom stereocenters. The molecule has 6 heteroatoms. The molecule has 1 aliphatic heterocycles. The number of carbonyl (C=O) groups excluding carboxylic acids is 1. The van der Waals surface area contributed by atoms with Gasteiger partial charge in [-0.15, -0.1) is 0 Å². The summed E-state index contributed by atoms with van der Waals surface area (Å²) < 4.78 is 11.5. The number of aryl methyl sites for hydroxylation is 1. The smallest absolute Gasteiger partial charge is 0.194 e. The molecule has 3 aromatic rings. The van der Waals surface area contributed by atoms with Crippen LogP contribution in [0.25, 0.3) is 11.0 Å². The number of ether oxygens (including phenoxy) is 1. The molecule has 4 rings (SSSR count). The van der Waals surface area contributed by atoms with E-state index in [1.807, 2.05) is 12.1 Å². The maximum atomic E-state index is 11.6. The minimum absolute atomic E-state index is 0.123. The third-order valence-corrected chi connectivity index (χ3v) is 5.58. The molecule has 1 saturated heterocycles. The second-order valence-electron chi connectivity index (χ2n) is 7.88. The molecule has 0 spiro atoms. The van der Waals surface area contributed by atoms with E-state index in [-0.39, 0.29) is 12.4 Å². The Kier molecular flexibility index (Phi) is 6.06. The first-order valence-electron chi connectivity index (χ1n) is 10.4. The highest BCUT2D eigenvalue weighted by atomic mass is 16.5. The number of hydrogen-bond acceptors (Lipinski definition) is 6. The summed E-state index contributed by atoms with van der Waals surface area (Å²) in [7, 11) is 0. The van der Waals surface area contributed by atoms with Crippen LogP contribution < -0.4 is 9.64 Å². The van der Waals surface area contributed by atoms with E-state index in [1.165, 1.54) is 18.2 Å². The highest BCUT2D eigenvalue weighted by molar-refractivity contribution is 5.97. The van der Waals surface area contributed by atoms with Crippen molar-refractivity contribution in [1.82, 2.24) is 4.90 Å². The number of aliphatic hydroxyl groups excluding tert-OH is 1. The van der Waals surface area contributed by atoms with Gasteiger partial charge in [0.15, 0.2) is 22.9 Å². The molecule has 1 aromatic heterocycles. The minimum Gasteiger partial charge on any atom is -0.487 e. The predicted octanol–water partition coefficient (Wildman–Crippen LogP) is 3.51. The Hall–Kier alpha value is -2.83. The molecule has 158 valence electrons. The monoisotopic (exact) mass is 408 g/mol. The quantitative estimate of drug-likeness (QED) is 0.604. The van der Waals surface area contributed by atoms with Gasteiger partial charge in [-0.3, -0.25) is 9.69 Å². The third-order valence-electron chi connectivity index (χ3n) is 5.58. The molecule has 0 aliphatic carbocycles. The van der Waals surface area contributed by atoms with Crippen molar-refractivity contribution in [3.8, 4) is 5.75 Å². The molecule has 1 atom stereocenters. The summed E-state index contributed by atoms with van der Waals surface area (Å²) in [4.78, 5) is 16.2. The van der Waals surface area contributed by atoms with Gasteiger partial charge in [-0.1, -0.05) is 30.3 Å². The molecule has 1 N–H and O–H groups in total. The Labute approximate surface area is 176 Å². The van der Waals surface area contributed by atoms with Crippen molar-refractivity contribution in [2.45, 2.75) is 20.0 Å². The number of anilines is 1. The minimum atomic E-state index is -0.604. The molecule has 0 saturated carbocycles. The molecule has 6 nitrogen and oxygen atoms in total. The summed E-state index contributed by atoms with van der Waals surface area (Å²) in [5.41, 5.74) is 3.12. The molecular weight excluding hydrogens is 380 g/mol. The number of Topliss-reactive ketones (excluding diaryl/α,β-unsaturated/α-hetero) is 1. The van der Waals surface area contributed by atoms with Crippen molar-refractivity contribution >= 4 is 22.4 Å². The summed E-state index contributed by atoms with van der Waals surface area (Å²) in [6.45, 7) is 8.04. The van der Waals surface area contributed by atoms with Crippen LogP contribution in [0.4, 0.5) is 5.69 Å². The molecule has 2 aromatic carbocycles. The van der Waals surface area contributed by atoms with Crippen molar-refractivity contribution in [2.24, 2.45) is 0 Å². The van der Waals surface area contributed by atoms with Gasteiger partial charge >= 0.3 is 0 Å². The SMILES string of the molecule is CC(=O)c1cc2cccc(OCC(O)CN3CCN(c4ccccc4C)CC3)c2o1. The number of rotatable bonds is 7. The van der Waals surface area contributed by atoms with Crippen molar-refractivity contribution < 1.29 is 19.1 Å². The zero-order valence-corrected chi connectivity index (χ0v) is 17.5. The van der Waals surface area contributed by atoms with Gasteiger partial charge in [0.1, 0.15) is 12.7 Å². The van der Waals surface area contributed by atoms with Crippen LogP contribution in [0.1, 0.15) is 23.0 Å². The van der Waals surface area contributed by atoms with Gasteiger partial charge in [-0.2, -0.15) is 0 Å². The first-order valence-corrected chi connectivity index (χ1v) is 10.4. The van der Waals surface area contributed by atoms with E-state index < -0.39 is 6.10 Å². The summed E-state index contributed by atoms with van der Waals surface area (Å²) >= 11 is 0. The van der Waals surface area contributed by atoms with Crippen molar-refractivity contribution in [2.75, 3.05) is 44.2 Å². The van der Waals surface area contributed by atoms with Crippen LogP contribution in [0, 0.1) is 6.92 Å². The number of β-amino-alcohol motifs (C(OH)–C–C–N with tert-alkyl or cyclic N) is 1. The number of piperazine rings is 1. The average molecular weight is 408 g/mol. The average Bonchev–Trinajstić information content (AvgIpc) is 3.19. The maximum absolute atomic E-state index is 11.6. The molecule has 30 heavy (non-hydrogen) atoms. The Balaban J connectivity index is 1.30. The van der Waals surface area contributed by atoms with Crippen LogP contribution in [-0.2, 0) is 0 Å². The fourth-order valence-electron chi connectivity index (χ4n) is 3.95. The van der Waals surface area contributed by atoms with Crippen LogP contribution in [0.3, 0.4) is 0 Å². The standard InChI is InChI=1S/C24H28N2O4/c1-17-6-3-4-8-21(17)26-12-10-25(11-13-26)15-20(28)16-29-22-9-5-7-19-14-23(18(2)27)30-24(19)22/h3-9,14,20,28H,10-13,15-16H2,1-2H3. The predicted molar refractivity (Wildman–Crippen MR) is 118 cm³/mol. The van der Waals surface area contributed by atoms with Crippen LogP contribution in [0.5, 0.6) is 5.75 Å². The normalized spacial score (nSPS) is 16.0. The third kappa shape index (κ3) is 4.50. The van der Waals surface area contributed by atoms with Gasteiger partial charge < -0.3 is 19.2 Å². The van der Waals surface area contributed by atoms with E-state index in [2.05, 4.69) is 41.0 Å². The van der Waals surface area contributed by atoms with Gasteiger partial charge in [0.2, 0.25) is 0 Å². The van der Waals surface area contributed by atoms with Crippen LogP contribution in [-0.4, -0.2) is 61.2 Å². The first kappa shape index (κ1) is 20.4. The van der Waals surface area contributed by atoms with E-state index in [1.54, 1.807) is 12.1 Å². The number of benzene rings is 2. The first-order chi connectivity index (χ1) is 14.5. The van der Waals surface area contributed by atoms with E-state index in [0.717, 1.165) is 31.6 Å². The Morgan fingerprint density at radius 2 is 1.90 bits per heavy atom. The second-order valence-corrected chi connectivity index (χ2v) is 7.88. The highest BCUT2D eigenvalue weighted by Gasteiger charge is 2.21. The lowest BCUT2D eigenvalue weighted by molar-refractivity contribution is 0.0664. The number of para-hydroxylation sites is 2. The summed E-state index contributed by atoms with van der Waals surface area (Å²) in [5, 5.41) is 11.3. The number of hydrogen-bond donors (Lipinski definition) is 1. The largest absolute Gasteiger partial charge is 0.487 e. The Morgan fingerprint density at radius 1 is 1.13 bits per heavy atom. The second kappa shape index (κ2) is 8.90. The van der Waals surface area contributed by atoms with E-state index in [0.29, 0.717) is 23.6 Å². The van der Waals surface area contributed by atoms with Gasteiger partial charge in [0.05, 0.1) is 0 Å². The van der Waals surface area contributed by atoms with Gasteiger partial charge in [0, 0.05) is 50.7 Å². The number of ketones is 1. The van der Waals surface area contributed by atoms with Crippen molar-refractivity contribution in [3.05, 3.63) is 59.9 Å². The maximum Gasteiger partial charge on any atom is 0.194 e. The van der Waals surface area contributed by atoms with Gasteiger partial charge in [-0.25, -0.2) is 0 Å². The number of nitrogens with zero attached hydrogens (tertiary/aromatic N) is 2. The summed E-state index contributed by atoms with van der Waals surface area (Å²) in [5.74, 6) is 0.735. The number of fused-ring (bicyclic) bond motifs is 1. The summed E-state index contributed by atoms with van der Waals surface area (Å²) in [6.07, 6.45) is -0.604. The lowest BCUT2D eigenvalue weighted by Gasteiger charge is -2.37. The fourth-order valence-corrected chi connectivity index (χ4v) is 3.95. The molecule has 0 bridgehead atoms. The van der Waals surface area contributed by atoms with Gasteiger partial charge in [0.25, 0.3) is 0 Å². The van der Waals surface area contributed by atoms with Crippen LogP contribution >= 0.6 is 0 Å². The Morgan fingerprint density at radius 3 is 2.63 bits per heavy atom. The number of furan rings is 1. The van der Waals surface area contributed by atoms with E-state index in [4.69, 9.17) is 9.15 Å². The molecule has 0 radical (unpaired) electrons. The highest BCUT2D eigenvalue weighted by Crippen LogP contribution is 2.29. The molecular formula is C24H28N2O4. The van der Waals surface area contributed by atoms with E-state index >= 15 is 0 Å². The zero-order chi connectivity index (χ0) is 21.1. The lowest BCUT2D eigenvalue weighted by atomic mass is 10.1. The van der Waals surface area contributed by atoms with Crippen molar-refractivity contribution in [1.29, 1.82) is 0 Å². The number of aliphatic hydroxyl groups is 1. The fraction of sp³-hybridized carbons (Fsp3) is 0.375. The molecule has 2 heterocycles. The van der Waals surface area contributed by atoms with Crippen molar-refractivity contribution in [3.63, 3.8) is 0 Å². The Bertz CT molecular complexity index is 1020. The van der Waals surface area contributed by atoms with Gasteiger partial charge in [-0.05, 0) is 30.7 Å². The van der Waals surface area contributed by atoms with E-state index in [9.17, 15) is 9.90 Å².